The van der Waals surface area contributed by atoms with E-state index in [4.69, 9.17) is 0 Å². The van der Waals surface area contributed by atoms with Gasteiger partial charge in [-0.3, -0.25) is 0 Å². The number of rotatable bonds is 5. The van der Waals surface area contributed by atoms with E-state index >= 15 is 0 Å². The molecule has 16 heavy (non-hydrogen) atoms. The number of thiophene rings is 1. The van der Waals surface area contributed by atoms with Gasteiger partial charge in [0.15, 0.2) is 0 Å². The lowest BCUT2D eigenvalue weighted by Crippen LogP contribution is -2.30. The second-order valence-electron chi connectivity index (χ2n) is 5.15. The zero-order valence-electron chi connectivity index (χ0n) is 10.4. The molecule has 0 radical (unpaired) electrons. The van der Waals surface area contributed by atoms with Crippen LogP contribution in [0.3, 0.4) is 0 Å². The fourth-order valence-electron chi connectivity index (χ4n) is 2.65. The molecule has 0 spiro atoms. The van der Waals surface area contributed by atoms with Crippen molar-refractivity contribution in [2.45, 2.75) is 51.5 Å². The average molecular weight is 237 g/mol. The third-order valence-electron chi connectivity index (χ3n) is 3.94. The predicted molar refractivity (Wildman–Crippen MR) is 72.2 cm³/mol. The number of hydrogen-bond donors (Lipinski definition) is 1. The van der Waals surface area contributed by atoms with Crippen LogP contribution in [0.25, 0.3) is 0 Å². The van der Waals surface area contributed by atoms with Gasteiger partial charge in [-0.15, -0.1) is 0 Å². The fraction of sp³-hybridized carbons (Fsp3) is 0.714. The van der Waals surface area contributed by atoms with Crippen LogP contribution in [0.1, 0.15) is 51.0 Å². The molecule has 1 aromatic rings. The van der Waals surface area contributed by atoms with Gasteiger partial charge < -0.3 is 5.32 Å². The Morgan fingerprint density at radius 3 is 3.00 bits per heavy atom. The summed E-state index contributed by atoms with van der Waals surface area (Å²) in [5, 5.41) is 8.19. The van der Waals surface area contributed by atoms with Gasteiger partial charge in [-0.05, 0) is 53.5 Å². The smallest absolute Gasteiger partial charge is 0.00700 e. The summed E-state index contributed by atoms with van der Waals surface area (Å²) in [7, 11) is 0. The second kappa shape index (κ2) is 5.83. The number of hydrogen-bond acceptors (Lipinski definition) is 2. The van der Waals surface area contributed by atoms with Crippen molar-refractivity contribution in [1.29, 1.82) is 0 Å². The quantitative estimate of drug-likeness (QED) is 0.815. The SMILES string of the molecule is CCC1CCC(NCC(C)c2ccsc2)C1. The van der Waals surface area contributed by atoms with Crippen LogP contribution in [0.4, 0.5) is 0 Å². The molecule has 1 aliphatic rings. The van der Waals surface area contributed by atoms with Crippen LogP contribution in [0.15, 0.2) is 16.8 Å². The molecule has 0 amide bonds. The van der Waals surface area contributed by atoms with Crippen molar-refractivity contribution >= 4 is 11.3 Å². The van der Waals surface area contributed by atoms with E-state index < -0.39 is 0 Å². The van der Waals surface area contributed by atoms with Gasteiger partial charge in [0, 0.05) is 12.6 Å². The summed E-state index contributed by atoms with van der Waals surface area (Å²) in [6, 6.07) is 3.03. The molecular weight excluding hydrogens is 214 g/mol. The summed E-state index contributed by atoms with van der Waals surface area (Å²) >= 11 is 1.80. The molecule has 1 aliphatic carbocycles. The molecule has 1 heterocycles. The Labute approximate surface area is 103 Å². The van der Waals surface area contributed by atoms with Crippen molar-refractivity contribution in [1.82, 2.24) is 5.32 Å². The molecule has 0 saturated heterocycles. The molecule has 1 fully saturated rings. The maximum Gasteiger partial charge on any atom is 0.00700 e. The minimum Gasteiger partial charge on any atom is -0.313 e. The molecular formula is C14H23NS. The highest BCUT2D eigenvalue weighted by atomic mass is 32.1. The van der Waals surface area contributed by atoms with E-state index in [1.807, 2.05) is 0 Å². The normalized spacial score (nSPS) is 27.1. The van der Waals surface area contributed by atoms with Gasteiger partial charge in [0.1, 0.15) is 0 Å². The van der Waals surface area contributed by atoms with Gasteiger partial charge in [-0.2, -0.15) is 11.3 Å². The van der Waals surface area contributed by atoms with E-state index in [0.717, 1.165) is 18.5 Å². The van der Waals surface area contributed by atoms with Crippen molar-refractivity contribution in [3.05, 3.63) is 22.4 Å². The van der Waals surface area contributed by atoms with Crippen LogP contribution in [0, 0.1) is 5.92 Å². The van der Waals surface area contributed by atoms with E-state index in [0.29, 0.717) is 5.92 Å². The summed E-state index contributed by atoms with van der Waals surface area (Å²) in [4.78, 5) is 0. The largest absolute Gasteiger partial charge is 0.313 e. The molecule has 3 unspecified atom stereocenters. The summed E-state index contributed by atoms with van der Waals surface area (Å²) in [5.74, 6) is 1.64. The first-order chi connectivity index (χ1) is 7.79. The highest BCUT2D eigenvalue weighted by Gasteiger charge is 2.23. The minimum absolute atomic E-state index is 0.659. The lowest BCUT2D eigenvalue weighted by molar-refractivity contribution is 0.465. The molecule has 0 aliphatic heterocycles. The maximum absolute atomic E-state index is 3.74. The summed E-state index contributed by atoms with van der Waals surface area (Å²) < 4.78 is 0. The molecule has 1 nitrogen and oxygen atoms in total. The van der Waals surface area contributed by atoms with Gasteiger partial charge in [0.05, 0.1) is 0 Å². The molecule has 3 atom stereocenters. The highest BCUT2D eigenvalue weighted by Crippen LogP contribution is 2.28. The Bertz CT molecular complexity index is 294. The topological polar surface area (TPSA) is 12.0 Å². The van der Waals surface area contributed by atoms with E-state index in [1.165, 1.54) is 31.2 Å². The second-order valence-corrected chi connectivity index (χ2v) is 5.93. The third-order valence-corrected chi connectivity index (χ3v) is 4.64. The van der Waals surface area contributed by atoms with E-state index in [1.54, 1.807) is 11.3 Å². The van der Waals surface area contributed by atoms with Gasteiger partial charge in [-0.25, -0.2) is 0 Å². The highest BCUT2D eigenvalue weighted by molar-refractivity contribution is 7.07. The molecule has 1 saturated carbocycles. The summed E-state index contributed by atoms with van der Waals surface area (Å²) in [6.45, 7) is 5.78. The molecule has 2 heteroatoms. The van der Waals surface area contributed by atoms with Gasteiger partial charge in [-0.1, -0.05) is 20.3 Å². The minimum atomic E-state index is 0.659. The average Bonchev–Trinajstić information content (AvgIpc) is 2.96. The Kier molecular flexibility index (Phi) is 4.42. The van der Waals surface area contributed by atoms with Crippen molar-refractivity contribution in [2.24, 2.45) is 5.92 Å². The predicted octanol–water partition coefficient (Wildman–Crippen LogP) is 4.02. The first-order valence-electron chi connectivity index (χ1n) is 6.55. The Morgan fingerprint density at radius 1 is 1.50 bits per heavy atom. The van der Waals surface area contributed by atoms with Crippen molar-refractivity contribution < 1.29 is 0 Å². The first kappa shape index (κ1) is 12.1. The van der Waals surface area contributed by atoms with Gasteiger partial charge in [0.25, 0.3) is 0 Å². The van der Waals surface area contributed by atoms with Crippen LogP contribution in [0.2, 0.25) is 0 Å². The molecule has 2 rings (SSSR count). The Balaban J connectivity index is 1.72. The molecule has 1 aromatic heterocycles. The lowest BCUT2D eigenvalue weighted by atomic mass is 10.0. The number of nitrogens with one attached hydrogen (secondary N) is 1. The fourth-order valence-corrected chi connectivity index (χ4v) is 3.43. The van der Waals surface area contributed by atoms with Gasteiger partial charge in [0.2, 0.25) is 0 Å². The van der Waals surface area contributed by atoms with Crippen molar-refractivity contribution in [3.8, 4) is 0 Å². The third kappa shape index (κ3) is 3.08. The lowest BCUT2D eigenvalue weighted by Gasteiger charge is -2.16. The van der Waals surface area contributed by atoms with Crippen LogP contribution in [-0.2, 0) is 0 Å². The maximum atomic E-state index is 3.74. The summed E-state index contributed by atoms with van der Waals surface area (Å²) in [5.41, 5.74) is 1.49. The van der Waals surface area contributed by atoms with Crippen molar-refractivity contribution in [2.75, 3.05) is 6.54 Å². The molecule has 1 N–H and O–H groups in total. The molecule has 90 valence electrons. The van der Waals surface area contributed by atoms with Crippen LogP contribution in [-0.4, -0.2) is 12.6 Å². The van der Waals surface area contributed by atoms with Crippen LogP contribution >= 0.6 is 11.3 Å². The zero-order chi connectivity index (χ0) is 11.4. The summed E-state index contributed by atoms with van der Waals surface area (Å²) in [6.07, 6.45) is 5.57. The monoisotopic (exact) mass is 237 g/mol. The zero-order valence-corrected chi connectivity index (χ0v) is 11.2. The standard InChI is InChI=1S/C14H23NS/c1-3-12-4-5-14(8-12)15-9-11(2)13-6-7-16-10-13/h6-7,10-12,14-15H,3-5,8-9H2,1-2H3. The van der Waals surface area contributed by atoms with Crippen molar-refractivity contribution in [3.63, 3.8) is 0 Å². The van der Waals surface area contributed by atoms with Crippen LogP contribution < -0.4 is 5.32 Å². The van der Waals surface area contributed by atoms with E-state index in [2.05, 4.69) is 36.0 Å². The molecule has 0 bridgehead atoms. The molecule has 0 aromatic carbocycles. The van der Waals surface area contributed by atoms with Crippen LogP contribution in [0.5, 0.6) is 0 Å². The Hall–Kier alpha value is -0.340. The Morgan fingerprint density at radius 2 is 2.38 bits per heavy atom. The van der Waals surface area contributed by atoms with E-state index in [9.17, 15) is 0 Å². The first-order valence-corrected chi connectivity index (χ1v) is 7.49. The van der Waals surface area contributed by atoms with Gasteiger partial charge >= 0.3 is 0 Å². The van der Waals surface area contributed by atoms with E-state index in [-0.39, 0.29) is 0 Å².